The fourth-order valence-corrected chi connectivity index (χ4v) is 1.75. The smallest absolute Gasteiger partial charge is 0.0217 e. The summed E-state index contributed by atoms with van der Waals surface area (Å²) in [6.45, 7) is 8.73. The highest BCUT2D eigenvalue weighted by molar-refractivity contribution is 9.09. The van der Waals surface area contributed by atoms with Gasteiger partial charge < -0.3 is 0 Å². The van der Waals surface area contributed by atoms with Crippen LogP contribution in [-0.2, 0) is 0 Å². The largest absolute Gasteiger partial charge is 0.0883 e. The molecular formula is C14H23Br. The molecule has 0 amide bonds. The number of alkyl halides is 1. The second-order valence-corrected chi connectivity index (χ2v) is 4.95. The Hall–Kier alpha value is -0.300. The van der Waals surface area contributed by atoms with Crippen LogP contribution in [0.25, 0.3) is 0 Å². The van der Waals surface area contributed by atoms with E-state index in [4.69, 9.17) is 0 Å². The highest BCUT2D eigenvalue weighted by atomic mass is 79.9. The number of rotatable bonds is 6. The van der Waals surface area contributed by atoms with Crippen molar-refractivity contribution in [2.24, 2.45) is 5.92 Å². The molecule has 0 saturated carbocycles. The molecule has 86 valence electrons. The van der Waals surface area contributed by atoms with Crippen molar-refractivity contribution in [2.75, 3.05) is 5.33 Å². The molecule has 0 radical (unpaired) electrons. The molecule has 0 aliphatic heterocycles. The summed E-state index contributed by atoms with van der Waals surface area (Å²) in [7, 11) is 0. The fourth-order valence-electron chi connectivity index (χ4n) is 1.24. The Morgan fingerprint density at radius 3 is 2.40 bits per heavy atom. The topological polar surface area (TPSA) is 0 Å². The molecule has 1 unspecified atom stereocenters. The van der Waals surface area contributed by atoms with Gasteiger partial charge in [-0.15, -0.1) is 0 Å². The average Bonchev–Trinajstić information content (AvgIpc) is 2.14. The van der Waals surface area contributed by atoms with E-state index in [1.165, 1.54) is 24.0 Å². The molecule has 1 atom stereocenters. The van der Waals surface area contributed by atoms with Crippen LogP contribution < -0.4 is 0 Å². The monoisotopic (exact) mass is 270 g/mol. The zero-order chi connectivity index (χ0) is 11.7. The first kappa shape index (κ1) is 14.7. The minimum atomic E-state index is 0.666. The number of allylic oxidation sites excluding steroid dienone is 6. The van der Waals surface area contributed by atoms with Crippen LogP contribution in [0.3, 0.4) is 0 Å². The average molecular weight is 271 g/mol. The summed E-state index contributed by atoms with van der Waals surface area (Å²) in [5.41, 5.74) is 2.75. The molecule has 0 fully saturated rings. The molecule has 0 aliphatic carbocycles. The van der Waals surface area contributed by atoms with Gasteiger partial charge in [-0.3, -0.25) is 0 Å². The molecule has 0 N–H and O–H groups in total. The maximum Gasteiger partial charge on any atom is 0.0217 e. The van der Waals surface area contributed by atoms with Crippen LogP contribution in [0, 0.1) is 5.92 Å². The van der Waals surface area contributed by atoms with Gasteiger partial charge in [0.1, 0.15) is 0 Å². The third kappa shape index (κ3) is 9.99. The molecule has 0 aliphatic rings. The minimum absolute atomic E-state index is 0.666. The van der Waals surface area contributed by atoms with Crippen LogP contribution in [0.15, 0.2) is 35.5 Å². The van der Waals surface area contributed by atoms with Crippen molar-refractivity contribution < 1.29 is 0 Å². The van der Waals surface area contributed by atoms with Crippen LogP contribution in [0.1, 0.15) is 40.5 Å². The summed E-state index contributed by atoms with van der Waals surface area (Å²) in [6.07, 6.45) is 11.4. The van der Waals surface area contributed by atoms with E-state index in [1.807, 2.05) is 0 Å². The Kier molecular flexibility index (Phi) is 8.79. The van der Waals surface area contributed by atoms with E-state index in [0.717, 1.165) is 5.33 Å². The highest BCUT2D eigenvalue weighted by Crippen LogP contribution is 2.10. The quantitative estimate of drug-likeness (QED) is 0.351. The predicted molar refractivity (Wildman–Crippen MR) is 74.5 cm³/mol. The van der Waals surface area contributed by atoms with Gasteiger partial charge in [0.15, 0.2) is 0 Å². The zero-order valence-corrected chi connectivity index (χ0v) is 12.0. The van der Waals surface area contributed by atoms with Gasteiger partial charge in [-0.1, -0.05) is 58.3 Å². The van der Waals surface area contributed by atoms with Crippen molar-refractivity contribution in [1.29, 1.82) is 0 Å². The minimum Gasteiger partial charge on any atom is -0.0883 e. The van der Waals surface area contributed by atoms with Crippen molar-refractivity contribution in [3.63, 3.8) is 0 Å². The molecule has 0 spiro atoms. The Morgan fingerprint density at radius 2 is 1.87 bits per heavy atom. The number of hydrogen-bond acceptors (Lipinski definition) is 0. The van der Waals surface area contributed by atoms with Crippen molar-refractivity contribution in [3.8, 4) is 0 Å². The molecule has 0 bridgehead atoms. The first-order chi connectivity index (χ1) is 7.06. The third-order valence-electron chi connectivity index (χ3n) is 2.26. The first-order valence-electron chi connectivity index (χ1n) is 5.60. The maximum absolute atomic E-state index is 3.40. The third-order valence-corrected chi connectivity index (χ3v) is 2.59. The zero-order valence-electron chi connectivity index (χ0n) is 10.4. The van der Waals surface area contributed by atoms with E-state index < -0.39 is 0 Å². The first-order valence-corrected chi connectivity index (χ1v) is 6.72. The van der Waals surface area contributed by atoms with Crippen molar-refractivity contribution in [1.82, 2.24) is 0 Å². The number of hydrogen-bond donors (Lipinski definition) is 0. The van der Waals surface area contributed by atoms with E-state index in [-0.39, 0.29) is 0 Å². The van der Waals surface area contributed by atoms with Crippen molar-refractivity contribution in [3.05, 3.63) is 35.5 Å². The molecule has 0 aromatic carbocycles. The van der Waals surface area contributed by atoms with Gasteiger partial charge in [0.05, 0.1) is 0 Å². The Morgan fingerprint density at radius 1 is 1.20 bits per heavy atom. The standard InChI is InChI=1S/C14H23Br/c1-12(2)6-5-7-13(3)8-9-14(4)10-11-15/h6,8-10,13H,5,7,11H2,1-4H3/b9-8+,14-10+. The van der Waals surface area contributed by atoms with E-state index >= 15 is 0 Å². The molecule has 0 rings (SSSR count). The molecule has 0 aromatic rings. The maximum atomic E-state index is 3.40. The predicted octanol–water partition coefficient (Wildman–Crippen LogP) is 5.27. The summed E-state index contributed by atoms with van der Waals surface area (Å²) in [5.74, 6) is 0.666. The van der Waals surface area contributed by atoms with Gasteiger partial charge >= 0.3 is 0 Å². The SMILES string of the molecule is CC(C)=CCCC(C)/C=C/C(C)=C/CBr. The lowest BCUT2D eigenvalue weighted by Crippen LogP contribution is -1.88. The van der Waals surface area contributed by atoms with Crippen LogP contribution in [0.4, 0.5) is 0 Å². The molecule has 0 heterocycles. The lowest BCUT2D eigenvalue weighted by molar-refractivity contribution is 0.656. The van der Waals surface area contributed by atoms with Gasteiger partial charge in [-0.2, -0.15) is 0 Å². The molecule has 15 heavy (non-hydrogen) atoms. The summed E-state index contributed by atoms with van der Waals surface area (Å²) in [4.78, 5) is 0. The lowest BCUT2D eigenvalue weighted by Gasteiger charge is -2.03. The van der Waals surface area contributed by atoms with Gasteiger partial charge in [0, 0.05) is 5.33 Å². The van der Waals surface area contributed by atoms with Crippen LogP contribution in [0.2, 0.25) is 0 Å². The summed E-state index contributed by atoms with van der Waals surface area (Å²) in [5, 5.41) is 0.940. The molecule has 1 heteroatoms. The van der Waals surface area contributed by atoms with Crippen LogP contribution in [0.5, 0.6) is 0 Å². The molecule has 0 saturated heterocycles. The van der Waals surface area contributed by atoms with Crippen LogP contribution in [-0.4, -0.2) is 5.33 Å². The van der Waals surface area contributed by atoms with Crippen molar-refractivity contribution in [2.45, 2.75) is 40.5 Å². The van der Waals surface area contributed by atoms with Crippen LogP contribution >= 0.6 is 15.9 Å². The summed E-state index contributed by atoms with van der Waals surface area (Å²) < 4.78 is 0. The highest BCUT2D eigenvalue weighted by Gasteiger charge is 1.94. The molecule has 0 nitrogen and oxygen atoms in total. The van der Waals surface area contributed by atoms with Gasteiger partial charge in [0.25, 0.3) is 0 Å². The second-order valence-electron chi connectivity index (χ2n) is 4.30. The van der Waals surface area contributed by atoms with E-state index in [2.05, 4.69) is 67.9 Å². The van der Waals surface area contributed by atoms with Gasteiger partial charge in [-0.25, -0.2) is 0 Å². The molecular weight excluding hydrogens is 248 g/mol. The Balaban J connectivity index is 3.88. The summed E-state index contributed by atoms with van der Waals surface area (Å²) in [6, 6.07) is 0. The normalized spacial score (nSPS) is 14.3. The summed E-state index contributed by atoms with van der Waals surface area (Å²) >= 11 is 3.40. The lowest BCUT2D eigenvalue weighted by atomic mass is 10.0. The van der Waals surface area contributed by atoms with Crippen molar-refractivity contribution >= 4 is 15.9 Å². The van der Waals surface area contributed by atoms with E-state index in [9.17, 15) is 0 Å². The molecule has 0 aromatic heterocycles. The van der Waals surface area contributed by atoms with E-state index in [1.54, 1.807) is 0 Å². The van der Waals surface area contributed by atoms with E-state index in [0.29, 0.717) is 5.92 Å². The van der Waals surface area contributed by atoms with Gasteiger partial charge in [-0.05, 0) is 39.5 Å². The Labute approximate surface area is 103 Å². The second kappa shape index (κ2) is 8.96. The van der Waals surface area contributed by atoms with Gasteiger partial charge in [0.2, 0.25) is 0 Å². The fraction of sp³-hybridized carbons (Fsp3) is 0.571. The number of halogens is 1. The Bertz CT molecular complexity index is 242.